The molecule has 0 bridgehead atoms. The Kier molecular flexibility index (Phi) is 4.07. The van der Waals surface area contributed by atoms with Crippen molar-refractivity contribution in [1.82, 2.24) is 14.7 Å². The van der Waals surface area contributed by atoms with Crippen LogP contribution in [0.15, 0.2) is 42.6 Å². The molecule has 1 aliphatic heterocycles. The van der Waals surface area contributed by atoms with E-state index in [1.807, 2.05) is 54.0 Å². The van der Waals surface area contributed by atoms with Crippen LogP contribution in [-0.2, 0) is 7.05 Å². The summed E-state index contributed by atoms with van der Waals surface area (Å²) in [5.41, 5.74) is 3.93. The topological polar surface area (TPSA) is 38.1 Å². The van der Waals surface area contributed by atoms with Gasteiger partial charge in [-0.3, -0.25) is 9.48 Å². The van der Waals surface area contributed by atoms with Crippen molar-refractivity contribution in [2.75, 3.05) is 6.54 Å². The third kappa shape index (κ3) is 2.93. The van der Waals surface area contributed by atoms with Crippen molar-refractivity contribution < 1.29 is 4.79 Å². The molecule has 1 aromatic heterocycles. The summed E-state index contributed by atoms with van der Waals surface area (Å²) < 4.78 is 1.81. The van der Waals surface area contributed by atoms with Crippen LogP contribution in [0.3, 0.4) is 0 Å². The number of carbonyl (C=O) groups is 1. The molecule has 23 heavy (non-hydrogen) atoms. The molecule has 0 fully saturated rings. The fourth-order valence-electron chi connectivity index (χ4n) is 3.18. The Morgan fingerprint density at radius 2 is 1.96 bits per heavy atom. The first kappa shape index (κ1) is 15.5. The van der Waals surface area contributed by atoms with E-state index < -0.39 is 0 Å². The Hall–Kier alpha value is -2.36. The Labute approximate surface area is 137 Å². The quantitative estimate of drug-likeness (QED) is 0.815. The van der Waals surface area contributed by atoms with E-state index in [9.17, 15) is 4.79 Å². The molecule has 1 aliphatic rings. The van der Waals surface area contributed by atoms with Crippen LogP contribution < -0.4 is 0 Å². The summed E-state index contributed by atoms with van der Waals surface area (Å²) in [4.78, 5) is 14.7. The van der Waals surface area contributed by atoms with Crippen LogP contribution in [0.1, 0.15) is 29.9 Å². The summed E-state index contributed by atoms with van der Waals surface area (Å²) >= 11 is 0. The van der Waals surface area contributed by atoms with Gasteiger partial charge in [0.1, 0.15) is 0 Å². The molecule has 0 saturated heterocycles. The maximum Gasteiger partial charge on any atom is 0.254 e. The van der Waals surface area contributed by atoms with E-state index in [2.05, 4.69) is 31.1 Å². The smallest absolute Gasteiger partial charge is 0.254 e. The lowest BCUT2D eigenvalue weighted by atomic mass is 10.0. The number of rotatable bonds is 3. The van der Waals surface area contributed by atoms with E-state index in [1.165, 1.54) is 0 Å². The third-order valence-corrected chi connectivity index (χ3v) is 4.40. The van der Waals surface area contributed by atoms with Gasteiger partial charge in [0, 0.05) is 30.9 Å². The molecule has 4 nitrogen and oxygen atoms in total. The van der Waals surface area contributed by atoms with Crippen molar-refractivity contribution in [2.24, 2.45) is 13.0 Å². The molecular formula is C19H23N3O. The Balaban J connectivity index is 1.82. The molecule has 0 saturated carbocycles. The predicted octanol–water partition coefficient (Wildman–Crippen LogP) is 3.43. The summed E-state index contributed by atoms with van der Waals surface area (Å²) in [6, 6.07) is 8.04. The lowest BCUT2D eigenvalue weighted by Crippen LogP contribution is -2.38. The Morgan fingerprint density at radius 3 is 2.52 bits per heavy atom. The molecule has 1 aromatic carbocycles. The minimum absolute atomic E-state index is 0.100. The van der Waals surface area contributed by atoms with Gasteiger partial charge in [0.15, 0.2) is 0 Å². The number of carbonyl (C=O) groups excluding carboxylic acids is 1. The van der Waals surface area contributed by atoms with Crippen LogP contribution in [0.4, 0.5) is 0 Å². The fourth-order valence-corrected chi connectivity index (χ4v) is 3.18. The van der Waals surface area contributed by atoms with E-state index in [1.54, 1.807) is 0 Å². The first-order chi connectivity index (χ1) is 11.0. The highest BCUT2D eigenvalue weighted by Crippen LogP contribution is 2.24. The SMILES string of the molecule is Cc1nn(C)cc1-c1ccc(C(=O)N2CC=C[C@@H]2C(C)C)cc1. The summed E-state index contributed by atoms with van der Waals surface area (Å²) in [5.74, 6) is 0.526. The third-order valence-electron chi connectivity index (χ3n) is 4.40. The van der Waals surface area contributed by atoms with Crippen LogP contribution in [-0.4, -0.2) is 33.2 Å². The molecule has 0 aliphatic carbocycles. The summed E-state index contributed by atoms with van der Waals surface area (Å²) in [5, 5.41) is 4.37. The molecule has 4 heteroatoms. The highest BCUT2D eigenvalue weighted by molar-refractivity contribution is 5.95. The molecular weight excluding hydrogens is 286 g/mol. The number of amides is 1. The average molecular weight is 309 g/mol. The molecule has 120 valence electrons. The summed E-state index contributed by atoms with van der Waals surface area (Å²) in [7, 11) is 1.92. The molecule has 0 unspecified atom stereocenters. The predicted molar refractivity (Wildman–Crippen MR) is 92.2 cm³/mol. The van der Waals surface area contributed by atoms with Gasteiger partial charge in [0.25, 0.3) is 5.91 Å². The lowest BCUT2D eigenvalue weighted by molar-refractivity contribution is 0.0720. The zero-order valence-electron chi connectivity index (χ0n) is 14.2. The maximum absolute atomic E-state index is 12.8. The van der Waals surface area contributed by atoms with Gasteiger partial charge in [-0.1, -0.05) is 38.1 Å². The molecule has 2 heterocycles. The van der Waals surface area contributed by atoms with E-state index in [0.29, 0.717) is 12.5 Å². The van der Waals surface area contributed by atoms with Crippen LogP contribution in [0.25, 0.3) is 11.1 Å². The van der Waals surface area contributed by atoms with Gasteiger partial charge < -0.3 is 4.90 Å². The maximum atomic E-state index is 12.8. The van der Waals surface area contributed by atoms with Crippen molar-refractivity contribution in [2.45, 2.75) is 26.8 Å². The molecule has 0 spiro atoms. The first-order valence-corrected chi connectivity index (χ1v) is 8.05. The number of hydrogen-bond acceptors (Lipinski definition) is 2. The average Bonchev–Trinajstić information content (AvgIpc) is 3.13. The largest absolute Gasteiger partial charge is 0.328 e. The number of benzene rings is 1. The zero-order chi connectivity index (χ0) is 16.6. The number of nitrogens with zero attached hydrogens (tertiary/aromatic N) is 3. The second-order valence-corrected chi connectivity index (χ2v) is 6.50. The van der Waals surface area contributed by atoms with Gasteiger partial charge in [-0.2, -0.15) is 5.10 Å². The molecule has 1 amide bonds. The standard InChI is InChI=1S/C19H23N3O/c1-13(2)18-6-5-11-22(18)19(23)16-9-7-15(8-10-16)17-12-21(4)20-14(17)3/h5-10,12-13,18H,11H2,1-4H3/t18-/m1/s1. The van der Waals surface area contributed by atoms with Gasteiger partial charge in [-0.25, -0.2) is 0 Å². The normalized spacial score (nSPS) is 17.3. The summed E-state index contributed by atoms with van der Waals surface area (Å²) in [6.45, 7) is 6.99. The van der Waals surface area contributed by atoms with E-state index in [0.717, 1.165) is 22.4 Å². The highest BCUT2D eigenvalue weighted by atomic mass is 16.2. The molecule has 0 N–H and O–H groups in total. The van der Waals surface area contributed by atoms with Crippen LogP contribution in [0.2, 0.25) is 0 Å². The fraction of sp³-hybridized carbons (Fsp3) is 0.368. The Bertz CT molecular complexity index is 740. The van der Waals surface area contributed by atoms with Crippen molar-refractivity contribution in [3.8, 4) is 11.1 Å². The van der Waals surface area contributed by atoms with Gasteiger partial charge in [0.2, 0.25) is 0 Å². The number of hydrogen-bond donors (Lipinski definition) is 0. The van der Waals surface area contributed by atoms with Crippen molar-refractivity contribution in [1.29, 1.82) is 0 Å². The van der Waals surface area contributed by atoms with E-state index in [4.69, 9.17) is 0 Å². The lowest BCUT2D eigenvalue weighted by Gasteiger charge is -2.27. The van der Waals surface area contributed by atoms with Crippen molar-refractivity contribution in [3.05, 3.63) is 53.9 Å². The van der Waals surface area contributed by atoms with E-state index in [-0.39, 0.29) is 11.9 Å². The molecule has 2 aromatic rings. The summed E-state index contributed by atoms with van der Waals surface area (Å²) in [6.07, 6.45) is 6.22. The van der Waals surface area contributed by atoms with Crippen LogP contribution in [0, 0.1) is 12.8 Å². The minimum atomic E-state index is 0.100. The monoisotopic (exact) mass is 309 g/mol. The van der Waals surface area contributed by atoms with Gasteiger partial charge >= 0.3 is 0 Å². The molecule has 1 atom stereocenters. The first-order valence-electron chi connectivity index (χ1n) is 8.05. The molecule has 0 radical (unpaired) electrons. The second kappa shape index (κ2) is 6.03. The number of aryl methyl sites for hydroxylation is 2. The zero-order valence-corrected chi connectivity index (χ0v) is 14.2. The minimum Gasteiger partial charge on any atom is -0.328 e. The van der Waals surface area contributed by atoms with Gasteiger partial charge in [-0.05, 0) is 30.5 Å². The van der Waals surface area contributed by atoms with Crippen molar-refractivity contribution >= 4 is 5.91 Å². The van der Waals surface area contributed by atoms with E-state index >= 15 is 0 Å². The van der Waals surface area contributed by atoms with Crippen LogP contribution >= 0.6 is 0 Å². The molecule has 3 rings (SSSR count). The van der Waals surface area contributed by atoms with Crippen LogP contribution in [0.5, 0.6) is 0 Å². The van der Waals surface area contributed by atoms with Gasteiger partial charge in [-0.15, -0.1) is 0 Å². The second-order valence-electron chi connectivity index (χ2n) is 6.50. The van der Waals surface area contributed by atoms with Gasteiger partial charge in [0.05, 0.1) is 11.7 Å². The van der Waals surface area contributed by atoms with Crippen molar-refractivity contribution in [3.63, 3.8) is 0 Å². The number of aromatic nitrogens is 2. The highest BCUT2D eigenvalue weighted by Gasteiger charge is 2.27. The Morgan fingerprint density at radius 1 is 1.26 bits per heavy atom.